The molecule has 1 aromatic carbocycles. The fraction of sp³-hybridized carbons (Fsp3) is 0.462. The summed E-state index contributed by atoms with van der Waals surface area (Å²) in [7, 11) is -0.825. The molecule has 1 heterocycles. The van der Waals surface area contributed by atoms with Crippen LogP contribution in [0.4, 0.5) is 0 Å². The lowest BCUT2D eigenvalue weighted by Gasteiger charge is -2.30. The topological polar surface area (TPSA) is 106 Å². The van der Waals surface area contributed by atoms with Crippen molar-refractivity contribution in [3.63, 3.8) is 0 Å². The Morgan fingerprint density at radius 3 is 2.35 bits per heavy atom. The highest BCUT2D eigenvalue weighted by atomic mass is 79.9. The van der Waals surface area contributed by atoms with E-state index in [1.54, 1.807) is 7.11 Å². The Bertz CT molecular complexity index is 564. The zero-order valence-corrected chi connectivity index (χ0v) is 15.4. The van der Waals surface area contributed by atoms with Gasteiger partial charge in [-0.15, -0.1) is 0 Å². The minimum absolute atomic E-state index is 0.844. The molecule has 0 amide bonds. The Morgan fingerprint density at radius 2 is 1.83 bits per heavy atom. The standard InChI is InChI=1S/C13H18BrN3O.H3O4P/c1-16-5-7-17(8-6-16)15-10-11-9-12(14)3-4-13(11)18-2;1-5(2,3)4/h3-4,9-10H,5-8H2,1-2H3;(H3,1,2,3,4)/b15-10+;. The van der Waals surface area contributed by atoms with Gasteiger partial charge in [0.1, 0.15) is 5.75 Å². The molecule has 0 radical (unpaired) electrons. The summed E-state index contributed by atoms with van der Waals surface area (Å²) in [6.45, 7) is 4.08. The van der Waals surface area contributed by atoms with Crippen molar-refractivity contribution >= 4 is 30.0 Å². The summed E-state index contributed by atoms with van der Waals surface area (Å²) in [5.74, 6) is 0.844. The zero-order valence-electron chi connectivity index (χ0n) is 13.0. The van der Waals surface area contributed by atoms with Gasteiger partial charge in [-0.05, 0) is 25.2 Å². The van der Waals surface area contributed by atoms with Crippen molar-refractivity contribution in [2.45, 2.75) is 0 Å². The minimum Gasteiger partial charge on any atom is -0.496 e. The molecule has 0 spiro atoms. The molecule has 1 aliphatic rings. The van der Waals surface area contributed by atoms with E-state index in [1.165, 1.54) is 0 Å². The smallest absolute Gasteiger partial charge is 0.466 e. The summed E-state index contributed by atoms with van der Waals surface area (Å²) in [6, 6.07) is 5.92. The van der Waals surface area contributed by atoms with Crippen LogP contribution in [0.2, 0.25) is 0 Å². The van der Waals surface area contributed by atoms with Crippen molar-refractivity contribution in [2.75, 3.05) is 40.3 Å². The summed E-state index contributed by atoms with van der Waals surface area (Å²) in [6.07, 6.45) is 1.87. The average Bonchev–Trinajstić information content (AvgIpc) is 2.45. The summed E-state index contributed by atoms with van der Waals surface area (Å²) in [5.41, 5.74) is 0.991. The van der Waals surface area contributed by atoms with Crippen LogP contribution in [0.25, 0.3) is 0 Å². The maximum Gasteiger partial charge on any atom is 0.466 e. The third-order valence-electron chi connectivity index (χ3n) is 3.03. The highest BCUT2D eigenvalue weighted by Gasteiger charge is 2.11. The van der Waals surface area contributed by atoms with E-state index in [-0.39, 0.29) is 0 Å². The number of methoxy groups -OCH3 is 1. The highest BCUT2D eigenvalue weighted by molar-refractivity contribution is 9.10. The van der Waals surface area contributed by atoms with E-state index in [9.17, 15) is 0 Å². The maximum atomic E-state index is 8.88. The van der Waals surface area contributed by atoms with Gasteiger partial charge in [-0.1, -0.05) is 15.9 Å². The number of nitrogens with zero attached hydrogens (tertiary/aromatic N) is 3. The van der Waals surface area contributed by atoms with Crippen LogP contribution in [0, 0.1) is 0 Å². The van der Waals surface area contributed by atoms with Crippen LogP contribution in [0.1, 0.15) is 5.56 Å². The van der Waals surface area contributed by atoms with E-state index in [2.05, 4.69) is 38.0 Å². The molecule has 0 atom stereocenters. The third-order valence-corrected chi connectivity index (χ3v) is 3.52. The number of benzene rings is 1. The number of hydrazone groups is 1. The van der Waals surface area contributed by atoms with Gasteiger partial charge in [0.15, 0.2) is 0 Å². The number of piperazine rings is 1. The largest absolute Gasteiger partial charge is 0.496 e. The normalized spacial score (nSPS) is 16.2. The van der Waals surface area contributed by atoms with Gasteiger partial charge in [0.25, 0.3) is 0 Å². The molecule has 130 valence electrons. The van der Waals surface area contributed by atoms with Gasteiger partial charge < -0.3 is 24.3 Å². The van der Waals surface area contributed by atoms with Crippen LogP contribution in [-0.2, 0) is 4.57 Å². The molecule has 1 aromatic rings. The van der Waals surface area contributed by atoms with E-state index >= 15 is 0 Å². The monoisotopic (exact) mass is 409 g/mol. The van der Waals surface area contributed by atoms with E-state index in [1.807, 2.05) is 24.4 Å². The lowest BCUT2D eigenvalue weighted by molar-refractivity contribution is 0.159. The van der Waals surface area contributed by atoms with Crippen molar-refractivity contribution in [1.82, 2.24) is 9.91 Å². The molecule has 1 aliphatic heterocycles. The first-order chi connectivity index (χ1) is 10.7. The quantitative estimate of drug-likeness (QED) is 0.507. The second-order valence-corrected chi connectivity index (χ2v) is 6.84. The van der Waals surface area contributed by atoms with Gasteiger partial charge >= 0.3 is 7.82 Å². The molecule has 8 nitrogen and oxygen atoms in total. The van der Waals surface area contributed by atoms with Crippen LogP contribution in [0.5, 0.6) is 5.75 Å². The first-order valence-electron chi connectivity index (χ1n) is 6.78. The van der Waals surface area contributed by atoms with E-state index in [0.29, 0.717) is 0 Å². The third kappa shape index (κ3) is 9.04. The molecule has 23 heavy (non-hydrogen) atoms. The van der Waals surface area contributed by atoms with Gasteiger partial charge in [-0.3, -0.25) is 5.01 Å². The van der Waals surface area contributed by atoms with Gasteiger partial charge in [0.05, 0.1) is 13.3 Å². The molecule has 0 aliphatic carbocycles. The summed E-state index contributed by atoms with van der Waals surface area (Å²) >= 11 is 3.46. The van der Waals surface area contributed by atoms with Crippen LogP contribution in [0.15, 0.2) is 27.8 Å². The number of hydrogen-bond donors (Lipinski definition) is 3. The van der Waals surface area contributed by atoms with Crippen LogP contribution in [0.3, 0.4) is 0 Å². The molecule has 0 aromatic heterocycles. The molecular weight excluding hydrogens is 389 g/mol. The Balaban J connectivity index is 0.000000463. The van der Waals surface area contributed by atoms with Gasteiger partial charge in [-0.2, -0.15) is 5.10 Å². The minimum atomic E-state index is -4.64. The van der Waals surface area contributed by atoms with Crippen molar-refractivity contribution in [3.05, 3.63) is 28.2 Å². The summed E-state index contributed by atoms with van der Waals surface area (Å²) in [5, 5.41) is 6.62. The second kappa shape index (κ2) is 9.36. The lowest BCUT2D eigenvalue weighted by Crippen LogP contribution is -2.41. The molecule has 2 rings (SSSR count). The SMILES string of the molecule is COc1ccc(Br)cc1/C=N/N1CCN(C)CC1.O=P(O)(O)O. The fourth-order valence-electron chi connectivity index (χ4n) is 1.86. The van der Waals surface area contributed by atoms with E-state index < -0.39 is 7.82 Å². The first kappa shape index (κ1) is 20.1. The zero-order chi connectivity index (χ0) is 17.5. The molecule has 0 saturated carbocycles. The predicted molar refractivity (Wildman–Crippen MR) is 91.6 cm³/mol. The molecule has 0 unspecified atom stereocenters. The van der Waals surface area contributed by atoms with Crippen molar-refractivity contribution in [3.8, 4) is 5.75 Å². The maximum absolute atomic E-state index is 8.88. The molecular formula is C13H21BrN3O5P. The van der Waals surface area contributed by atoms with E-state index in [0.717, 1.165) is 42.0 Å². The van der Waals surface area contributed by atoms with Crippen molar-refractivity contribution in [2.24, 2.45) is 5.10 Å². The van der Waals surface area contributed by atoms with Crippen molar-refractivity contribution in [1.29, 1.82) is 0 Å². The first-order valence-corrected chi connectivity index (χ1v) is 9.14. The number of rotatable bonds is 3. The Hall–Kier alpha value is -0.960. The Kier molecular flexibility index (Phi) is 8.18. The van der Waals surface area contributed by atoms with Crippen LogP contribution < -0.4 is 4.74 Å². The van der Waals surface area contributed by atoms with E-state index in [4.69, 9.17) is 24.0 Å². The van der Waals surface area contributed by atoms with Gasteiger partial charge in [0, 0.05) is 36.2 Å². The molecule has 0 bridgehead atoms. The number of hydrogen-bond acceptors (Lipinski definition) is 5. The highest BCUT2D eigenvalue weighted by Crippen LogP contribution is 2.25. The van der Waals surface area contributed by atoms with Gasteiger partial charge in [-0.25, -0.2) is 4.57 Å². The Morgan fingerprint density at radius 1 is 1.26 bits per heavy atom. The summed E-state index contributed by atoms with van der Waals surface area (Å²) < 4.78 is 15.2. The number of likely N-dealkylation sites (N-methyl/N-ethyl adjacent to an activating group) is 1. The molecule has 1 saturated heterocycles. The molecule has 10 heteroatoms. The molecule has 3 N–H and O–H groups in total. The average molecular weight is 410 g/mol. The Labute approximate surface area is 143 Å². The van der Waals surface area contributed by atoms with Crippen molar-refractivity contribution < 1.29 is 24.0 Å². The van der Waals surface area contributed by atoms with Crippen LogP contribution in [-0.4, -0.2) is 71.1 Å². The number of phosphoric acid groups is 1. The second-order valence-electron chi connectivity index (χ2n) is 4.90. The van der Waals surface area contributed by atoms with Crippen LogP contribution >= 0.6 is 23.8 Å². The number of halogens is 1. The molecule has 1 fully saturated rings. The number of ether oxygens (including phenoxy) is 1. The fourth-order valence-corrected chi connectivity index (χ4v) is 2.24. The van der Waals surface area contributed by atoms with Gasteiger partial charge in [0.2, 0.25) is 0 Å². The lowest BCUT2D eigenvalue weighted by atomic mass is 10.2. The predicted octanol–water partition coefficient (Wildman–Crippen LogP) is 1.11. The summed E-state index contributed by atoms with van der Waals surface area (Å²) in [4.78, 5) is 23.9.